The fourth-order valence-electron chi connectivity index (χ4n) is 1.52. The molecule has 0 radical (unpaired) electrons. The molecular formula is C12H14ClN3O2S2. The van der Waals surface area contributed by atoms with Crippen molar-refractivity contribution in [2.45, 2.75) is 12.1 Å². The number of benzene rings is 1. The first-order chi connectivity index (χ1) is 9.37. The molecular weight excluding hydrogens is 318 g/mol. The fourth-order valence-corrected chi connectivity index (χ4v) is 3.81. The van der Waals surface area contributed by atoms with Gasteiger partial charge in [0.15, 0.2) is 5.16 Å². The van der Waals surface area contributed by atoms with Crippen molar-refractivity contribution in [3.63, 3.8) is 0 Å². The molecule has 0 aliphatic rings. The van der Waals surface area contributed by atoms with Crippen molar-refractivity contribution in [2.24, 2.45) is 0 Å². The summed E-state index contributed by atoms with van der Waals surface area (Å²) in [4.78, 5) is 0. The number of sulfone groups is 1. The van der Waals surface area contributed by atoms with Crippen molar-refractivity contribution in [3.05, 3.63) is 35.1 Å². The van der Waals surface area contributed by atoms with Gasteiger partial charge in [0, 0.05) is 17.0 Å². The molecule has 0 fully saturated rings. The van der Waals surface area contributed by atoms with E-state index in [1.807, 2.05) is 25.1 Å². The van der Waals surface area contributed by atoms with Crippen LogP contribution in [-0.2, 0) is 9.84 Å². The molecule has 0 aliphatic heterocycles. The number of hydrogen-bond donors (Lipinski definition) is 0. The fraction of sp³-hybridized carbons (Fsp3) is 0.333. The number of hydrogen-bond acceptors (Lipinski definition) is 5. The summed E-state index contributed by atoms with van der Waals surface area (Å²) in [6.07, 6.45) is 2.81. The highest BCUT2D eigenvalue weighted by Crippen LogP contribution is 2.23. The van der Waals surface area contributed by atoms with Crippen LogP contribution < -0.4 is 0 Å². The standard InChI is InChI=1S/C12H14ClN3O2S2/c1-9-3-4-10(7-11(9)13)16-8-14-15-12(16)19-5-6-20(2,17)18/h3-4,7-8H,5-6H2,1-2H3. The first-order valence-corrected chi connectivity index (χ1v) is 9.26. The summed E-state index contributed by atoms with van der Waals surface area (Å²) in [6.45, 7) is 1.93. The van der Waals surface area contributed by atoms with Crippen LogP contribution in [0.1, 0.15) is 5.56 Å². The molecule has 1 heterocycles. The summed E-state index contributed by atoms with van der Waals surface area (Å²) in [5.41, 5.74) is 1.85. The SMILES string of the molecule is Cc1ccc(-n2cnnc2SCCS(C)(=O)=O)cc1Cl. The maximum Gasteiger partial charge on any atom is 0.195 e. The second-order valence-electron chi connectivity index (χ2n) is 4.40. The molecule has 5 nitrogen and oxygen atoms in total. The molecule has 0 saturated carbocycles. The van der Waals surface area contributed by atoms with E-state index in [0.717, 1.165) is 11.3 Å². The minimum atomic E-state index is -2.97. The van der Waals surface area contributed by atoms with Crippen LogP contribution in [0.2, 0.25) is 5.02 Å². The van der Waals surface area contributed by atoms with E-state index in [0.29, 0.717) is 15.9 Å². The van der Waals surface area contributed by atoms with Gasteiger partial charge in [-0.1, -0.05) is 29.4 Å². The van der Waals surface area contributed by atoms with Gasteiger partial charge in [-0.3, -0.25) is 4.57 Å². The lowest BCUT2D eigenvalue weighted by atomic mass is 10.2. The van der Waals surface area contributed by atoms with Gasteiger partial charge in [-0.15, -0.1) is 10.2 Å². The van der Waals surface area contributed by atoms with Gasteiger partial charge >= 0.3 is 0 Å². The molecule has 0 atom stereocenters. The summed E-state index contributed by atoms with van der Waals surface area (Å²) < 4.78 is 24.0. The van der Waals surface area contributed by atoms with E-state index in [2.05, 4.69) is 10.2 Å². The van der Waals surface area contributed by atoms with Crippen LogP contribution in [0.3, 0.4) is 0 Å². The number of aryl methyl sites for hydroxylation is 1. The Balaban J connectivity index is 2.17. The number of halogens is 1. The van der Waals surface area contributed by atoms with E-state index in [1.165, 1.54) is 18.0 Å². The highest BCUT2D eigenvalue weighted by molar-refractivity contribution is 8.00. The molecule has 0 bridgehead atoms. The third kappa shape index (κ3) is 3.97. The number of thioether (sulfide) groups is 1. The Kier molecular flexibility index (Phi) is 4.72. The van der Waals surface area contributed by atoms with E-state index < -0.39 is 9.84 Å². The van der Waals surface area contributed by atoms with E-state index in [1.54, 1.807) is 10.9 Å². The molecule has 1 aromatic heterocycles. The molecule has 20 heavy (non-hydrogen) atoms. The lowest BCUT2D eigenvalue weighted by molar-refractivity contribution is 0.603. The topological polar surface area (TPSA) is 64.8 Å². The number of rotatable bonds is 5. The predicted molar refractivity (Wildman–Crippen MR) is 81.5 cm³/mol. The minimum absolute atomic E-state index is 0.110. The average molecular weight is 332 g/mol. The van der Waals surface area contributed by atoms with Gasteiger partial charge < -0.3 is 0 Å². The Morgan fingerprint density at radius 2 is 2.15 bits per heavy atom. The van der Waals surface area contributed by atoms with Crippen molar-refractivity contribution >= 4 is 33.2 Å². The molecule has 0 spiro atoms. The largest absolute Gasteiger partial charge is 0.277 e. The zero-order chi connectivity index (χ0) is 14.8. The van der Waals surface area contributed by atoms with Gasteiger partial charge in [-0.2, -0.15) is 0 Å². The van der Waals surface area contributed by atoms with Crippen LogP contribution >= 0.6 is 23.4 Å². The maximum atomic E-state index is 11.1. The molecule has 0 aliphatic carbocycles. The van der Waals surface area contributed by atoms with E-state index >= 15 is 0 Å². The van der Waals surface area contributed by atoms with E-state index in [-0.39, 0.29) is 5.75 Å². The zero-order valence-corrected chi connectivity index (χ0v) is 13.5. The lowest BCUT2D eigenvalue weighted by Crippen LogP contribution is -2.06. The maximum absolute atomic E-state index is 11.1. The summed E-state index contributed by atoms with van der Waals surface area (Å²) in [5.74, 6) is 0.552. The molecule has 0 unspecified atom stereocenters. The van der Waals surface area contributed by atoms with Crippen LogP contribution in [0.25, 0.3) is 5.69 Å². The summed E-state index contributed by atoms with van der Waals surface area (Å²) >= 11 is 7.46. The van der Waals surface area contributed by atoms with Gasteiger partial charge in [0.1, 0.15) is 16.2 Å². The van der Waals surface area contributed by atoms with Gasteiger partial charge in [-0.05, 0) is 24.6 Å². The highest BCUT2D eigenvalue weighted by atomic mass is 35.5. The quantitative estimate of drug-likeness (QED) is 0.787. The third-order valence-electron chi connectivity index (χ3n) is 2.64. The monoisotopic (exact) mass is 331 g/mol. The molecule has 0 amide bonds. The van der Waals surface area contributed by atoms with Crippen molar-refractivity contribution in [1.29, 1.82) is 0 Å². The Morgan fingerprint density at radius 3 is 2.80 bits per heavy atom. The molecule has 2 rings (SSSR count). The Hall–Kier alpha value is -1.05. The molecule has 1 aromatic carbocycles. The first-order valence-electron chi connectivity index (χ1n) is 5.84. The number of aromatic nitrogens is 3. The zero-order valence-electron chi connectivity index (χ0n) is 11.1. The van der Waals surface area contributed by atoms with Gasteiger partial charge in [-0.25, -0.2) is 8.42 Å². The van der Waals surface area contributed by atoms with E-state index in [4.69, 9.17) is 11.6 Å². The molecule has 2 aromatic rings. The second kappa shape index (κ2) is 6.15. The minimum Gasteiger partial charge on any atom is -0.277 e. The molecule has 8 heteroatoms. The first kappa shape index (κ1) is 15.3. The average Bonchev–Trinajstić information content (AvgIpc) is 2.79. The van der Waals surface area contributed by atoms with Crippen molar-refractivity contribution < 1.29 is 8.42 Å². The van der Waals surface area contributed by atoms with Crippen LogP contribution in [-0.4, -0.2) is 40.9 Å². The van der Waals surface area contributed by atoms with Crippen molar-refractivity contribution in [3.8, 4) is 5.69 Å². The third-order valence-corrected chi connectivity index (χ3v) is 5.19. The highest BCUT2D eigenvalue weighted by Gasteiger charge is 2.10. The summed E-state index contributed by atoms with van der Waals surface area (Å²) in [7, 11) is -2.97. The molecule has 0 saturated heterocycles. The number of nitrogens with zero attached hydrogens (tertiary/aromatic N) is 3. The molecule has 108 valence electrons. The Morgan fingerprint density at radius 1 is 1.40 bits per heavy atom. The normalized spacial score (nSPS) is 11.8. The van der Waals surface area contributed by atoms with Gasteiger partial charge in [0.2, 0.25) is 0 Å². The molecule has 0 N–H and O–H groups in total. The van der Waals surface area contributed by atoms with Crippen molar-refractivity contribution in [2.75, 3.05) is 17.8 Å². The van der Waals surface area contributed by atoms with Crippen molar-refractivity contribution in [1.82, 2.24) is 14.8 Å². The Bertz CT molecular complexity index is 713. The van der Waals surface area contributed by atoms with Gasteiger partial charge in [0.05, 0.1) is 11.4 Å². The predicted octanol–water partition coefficient (Wildman–Crippen LogP) is 2.37. The summed E-state index contributed by atoms with van der Waals surface area (Å²) in [5, 5.41) is 9.18. The van der Waals surface area contributed by atoms with Crippen LogP contribution in [0.15, 0.2) is 29.7 Å². The lowest BCUT2D eigenvalue weighted by Gasteiger charge is -2.07. The second-order valence-corrected chi connectivity index (χ2v) is 8.12. The Labute approximate surface area is 127 Å². The van der Waals surface area contributed by atoms with E-state index in [9.17, 15) is 8.42 Å². The van der Waals surface area contributed by atoms with Gasteiger partial charge in [0.25, 0.3) is 0 Å². The van der Waals surface area contributed by atoms with Crippen LogP contribution in [0.4, 0.5) is 0 Å². The van der Waals surface area contributed by atoms with Crippen LogP contribution in [0.5, 0.6) is 0 Å². The van der Waals surface area contributed by atoms with Crippen LogP contribution in [0, 0.1) is 6.92 Å². The smallest absolute Gasteiger partial charge is 0.195 e. The summed E-state index contributed by atoms with van der Waals surface area (Å²) in [6, 6.07) is 5.68.